The summed E-state index contributed by atoms with van der Waals surface area (Å²) in [6, 6.07) is 10.8. The molecule has 7 heteroatoms. The molecule has 5 atom stereocenters. The summed E-state index contributed by atoms with van der Waals surface area (Å²) in [5.74, 6) is 1.19. The molecule has 188 valence electrons. The van der Waals surface area contributed by atoms with Crippen molar-refractivity contribution in [2.45, 2.75) is 64.3 Å². The smallest absolute Gasteiger partial charge is 0.230 e. The van der Waals surface area contributed by atoms with E-state index in [-0.39, 0.29) is 23.8 Å². The molecule has 0 radical (unpaired) electrons. The molecule has 5 unspecified atom stereocenters. The van der Waals surface area contributed by atoms with Crippen LogP contribution in [0.25, 0.3) is 0 Å². The Bertz CT molecular complexity index is 1040. The fourth-order valence-corrected chi connectivity index (χ4v) is 6.42. The molecule has 4 rings (SSSR count). The minimum absolute atomic E-state index is 0.0648. The Labute approximate surface area is 213 Å². The zero-order valence-corrected chi connectivity index (χ0v) is 21.6. The van der Waals surface area contributed by atoms with Gasteiger partial charge in [0.25, 0.3) is 0 Å². The molecule has 2 saturated carbocycles. The molecule has 4 N–H and O–H groups in total. The monoisotopic (exact) mass is 496 g/mol. The maximum atomic E-state index is 13.5. The molecule has 0 aliphatic heterocycles. The van der Waals surface area contributed by atoms with Crippen LogP contribution in [0.3, 0.4) is 0 Å². The zero-order valence-electron chi connectivity index (χ0n) is 20.9. The summed E-state index contributed by atoms with van der Waals surface area (Å²) < 4.78 is 0. The summed E-state index contributed by atoms with van der Waals surface area (Å²) >= 11 is 6.01. The number of benzene rings is 1. The molecule has 35 heavy (non-hydrogen) atoms. The normalized spacial score (nSPS) is 27.1. The molecular formula is C28H37ClN4O2. The number of aromatic nitrogens is 1. The second-order valence-corrected chi connectivity index (χ2v) is 11.7. The van der Waals surface area contributed by atoms with Crippen molar-refractivity contribution in [1.29, 1.82) is 0 Å². The van der Waals surface area contributed by atoms with Gasteiger partial charge in [0.2, 0.25) is 11.8 Å². The average molecular weight is 497 g/mol. The van der Waals surface area contributed by atoms with E-state index in [9.17, 15) is 9.59 Å². The molecular weight excluding hydrogens is 460 g/mol. The van der Waals surface area contributed by atoms with E-state index in [1.807, 2.05) is 38.1 Å². The molecule has 2 bridgehead atoms. The Morgan fingerprint density at radius 3 is 2.49 bits per heavy atom. The number of nitrogens with two attached hydrogens (primary N) is 1. The number of rotatable bonds is 7. The maximum absolute atomic E-state index is 13.5. The molecule has 1 heterocycles. The number of amides is 2. The topological polar surface area (TPSA) is 97.1 Å². The second kappa shape index (κ2) is 10.3. The van der Waals surface area contributed by atoms with Gasteiger partial charge in [-0.1, -0.05) is 30.7 Å². The van der Waals surface area contributed by atoms with Gasteiger partial charge in [-0.2, -0.15) is 0 Å². The summed E-state index contributed by atoms with van der Waals surface area (Å²) in [7, 11) is 0. The molecule has 1 aromatic heterocycles. The first-order valence-electron chi connectivity index (χ1n) is 12.6. The van der Waals surface area contributed by atoms with Crippen LogP contribution in [0.1, 0.15) is 58.4 Å². The minimum Gasteiger partial charge on any atom is -0.354 e. The lowest BCUT2D eigenvalue weighted by Gasteiger charge is -2.50. The zero-order chi connectivity index (χ0) is 25.2. The van der Waals surface area contributed by atoms with Crippen LogP contribution in [0.15, 0.2) is 48.8 Å². The number of carbonyl (C=O) groups is 2. The standard InChI is InChI=1S/C28H37ClN4O2/c1-18-12-19-13-20(16-28(14-18,15-19)26(35)33-23-8-10-31-11-9-23)24(30)17-32-25(34)27(2,3)21-4-6-22(29)7-5-21/h4-11,18-20,24H,12-17,30H2,1-3H3,(H,32,34)(H,31,33,35). The summed E-state index contributed by atoms with van der Waals surface area (Å²) in [5, 5.41) is 6.86. The lowest BCUT2D eigenvalue weighted by molar-refractivity contribution is -0.134. The lowest BCUT2D eigenvalue weighted by atomic mass is 9.55. The highest BCUT2D eigenvalue weighted by Gasteiger charge is 2.50. The van der Waals surface area contributed by atoms with Crippen molar-refractivity contribution >= 4 is 29.1 Å². The van der Waals surface area contributed by atoms with Gasteiger partial charge < -0.3 is 16.4 Å². The first kappa shape index (κ1) is 25.6. The van der Waals surface area contributed by atoms with Gasteiger partial charge in [0.15, 0.2) is 0 Å². The fraction of sp³-hybridized carbons (Fsp3) is 0.536. The predicted octanol–water partition coefficient (Wildman–Crippen LogP) is 4.93. The number of nitrogens with zero attached hydrogens (tertiary/aromatic N) is 1. The molecule has 2 aliphatic rings. The Kier molecular flexibility index (Phi) is 7.53. The molecule has 1 aromatic carbocycles. The molecule has 0 saturated heterocycles. The molecule has 2 aliphatic carbocycles. The highest BCUT2D eigenvalue weighted by molar-refractivity contribution is 6.30. The van der Waals surface area contributed by atoms with Crippen LogP contribution in [0.5, 0.6) is 0 Å². The van der Waals surface area contributed by atoms with Gasteiger partial charge in [-0.3, -0.25) is 14.6 Å². The van der Waals surface area contributed by atoms with Gasteiger partial charge in [-0.05, 0) is 93.5 Å². The van der Waals surface area contributed by atoms with E-state index in [1.54, 1.807) is 24.5 Å². The van der Waals surface area contributed by atoms with Crippen LogP contribution in [-0.4, -0.2) is 29.4 Å². The maximum Gasteiger partial charge on any atom is 0.230 e. The first-order chi connectivity index (χ1) is 16.6. The SMILES string of the molecule is CC1CC2CC(C(N)CNC(=O)C(C)(C)c3ccc(Cl)cc3)CC(C(=O)Nc3ccncc3)(C1)C2. The number of hydrogen-bond acceptors (Lipinski definition) is 4. The van der Waals surface area contributed by atoms with Crippen molar-refractivity contribution in [1.82, 2.24) is 10.3 Å². The number of carbonyl (C=O) groups excluding carboxylic acids is 2. The third-order valence-corrected chi connectivity index (χ3v) is 8.35. The van der Waals surface area contributed by atoms with Gasteiger partial charge in [-0.25, -0.2) is 0 Å². The Morgan fingerprint density at radius 2 is 1.80 bits per heavy atom. The molecule has 2 fully saturated rings. The molecule has 6 nitrogen and oxygen atoms in total. The van der Waals surface area contributed by atoms with Crippen LogP contribution in [0.4, 0.5) is 5.69 Å². The highest BCUT2D eigenvalue weighted by atomic mass is 35.5. The van der Waals surface area contributed by atoms with Crippen molar-refractivity contribution in [2.24, 2.45) is 28.9 Å². The summed E-state index contributed by atoms with van der Waals surface area (Å²) in [4.78, 5) is 30.7. The summed E-state index contributed by atoms with van der Waals surface area (Å²) in [6.07, 6.45) is 8.05. The van der Waals surface area contributed by atoms with Crippen molar-refractivity contribution in [3.05, 3.63) is 59.4 Å². The average Bonchev–Trinajstić information content (AvgIpc) is 2.82. The van der Waals surface area contributed by atoms with E-state index >= 15 is 0 Å². The number of pyridine rings is 1. The number of nitrogens with one attached hydrogen (secondary N) is 2. The van der Waals surface area contributed by atoms with Crippen LogP contribution in [0.2, 0.25) is 5.02 Å². The lowest BCUT2D eigenvalue weighted by Crippen LogP contribution is -2.53. The van der Waals surface area contributed by atoms with Crippen LogP contribution in [0, 0.1) is 23.2 Å². The summed E-state index contributed by atoms with van der Waals surface area (Å²) in [6.45, 7) is 6.45. The van der Waals surface area contributed by atoms with Gasteiger partial charge in [0.1, 0.15) is 0 Å². The quantitative estimate of drug-likeness (QED) is 0.506. The number of fused-ring (bicyclic) bond motifs is 2. The van der Waals surface area contributed by atoms with E-state index in [0.717, 1.165) is 43.4 Å². The summed E-state index contributed by atoms with van der Waals surface area (Å²) in [5.41, 5.74) is 7.24. The number of anilines is 1. The van der Waals surface area contributed by atoms with Crippen molar-refractivity contribution in [2.75, 3.05) is 11.9 Å². The van der Waals surface area contributed by atoms with Crippen molar-refractivity contribution in [3.8, 4) is 0 Å². The van der Waals surface area contributed by atoms with Crippen LogP contribution in [-0.2, 0) is 15.0 Å². The minimum atomic E-state index is -0.700. The first-order valence-corrected chi connectivity index (χ1v) is 13.0. The highest BCUT2D eigenvalue weighted by Crippen LogP contribution is 2.53. The Balaban J connectivity index is 1.42. The Hall–Kier alpha value is -2.44. The van der Waals surface area contributed by atoms with Crippen LogP contribution >= 0.6 is 11.6 Å². The van der Waals surface area contributed by atoms with Crippen molar-refractivity contribution in [3.63, 3.8) is 0 Å². The van der Waals surface area contributed by atoms with Gasteiger partial charge in [0.05, 0.1) is 10.8 Å². The van der Waals surface area contributed by atoms with E-state index in [1.165, 1.54) is 0 Å². The van der Waals surface area contributed by atoms with Gasteiger partial charge >= 0.3 is 0 Å². The molecule has 0 spiro atoms. The van der Waals surface area contributed by atoms with Crippen molar-refractivity contribution < 1.29 is 9.59 Å². The predicted molar refractivity (Wildman–Crippen MR) is 140 cm³/mol. The van der Waals surface area contributed by atoms with E-state index in [4.69, 9.17) is 17.3 Å². The van der Waals surface area contributed by atoms with Gasteiger partial charge in [0, 0.05) is 35.7 Å². The van der Waals surface area contributed by atoms with Gasteiger partial charge in [-0.15, -0.1) is 0 Å². The van der Waals surface area contributed by atoms with E-state index in [0.29, 0.717) is 23.4 Å². The number of hydrogen-bond donors (Lipinski definition) is 3. The molecule has 2 aromatic rings. The largest absolute Gasteiger partial charge is 0.354 e. The molecule has 2 amide bonds. The fourth-order valence-electron chi connectivity index (χ4n) is 6.30. The number of halogens is 1. The second-order valence-electron chi connectivity index (χ2n) is 11.3. The third-order valence-electron chi connectivity index (χ3n) is 8.10. The van der Waals surface area contributed by atoms with Crippen LogP contribution < -0.4 is 16.4 Å². The Morgan fingerprint density at radius 1 is 1.11 bits per heavy atom. The van der Waals surface area contributed by atoms with E-state index < -0.39 is 10.8 Å². The van der Waals surface area contributed by atoms with E-state index in [2.05, 4.69) is 22.5 Å². The third kappa shape index (κ3) is 5.70.